The third-order valence-corrected chi connectivity index (χ3v) is 5.85. The van der Waals surface area contributed by atoms with Crippen molar-refractivity contribution in [3.63, 3.8) is 0 Å². The zero-order chi connectivity index (χ0) is 20.2. The number of benzene rings is 1. The van der Waals surface area contributed by atoms with Crippen molar-refractivity contribution in [1.29, 1.82) is 0 Å². The van der Waals surface area contributed by atoms with Gasteiger partial charge in [-0.3, -0.25) is 0 Å². The summed E-state index contributed by atoms with van der Waals surface area (Å²) in [4.78, 5) is 25.5. The average Bonchev–Trinajstić information content (AvgIpc) is 3.05. The van der Waals surface area contributed by atoms with Gasteiger partial charge >= 0.3 is 12.0 Å². The Morgan fingerprint density at radius 1 is 1.22 bits per heavy atom. The molecule has 10 heteroatoms. The summed E-state index contributed by atoms with van der Waals surface area (Å²) in [6.07, 6.45) is 1.16. The Kier molecular flexibility index (Phi) is 6.61. The van der Waals surface area contributed by atoms with E-state index in [-0.39, 0.29) is 22.1 Å². The Bertz CT molecular complexity index is 951. The van der Waals surface area contributed by atoms with Gasteiger partial charge in [-0.1, -0.05) is 17.7 Å². The second-order valence-corrected chi connectivity index (χ2v) is 7.71. The minimum atomic E-state index is -4.13. The largest absolute Gasteiger partial charge is 0.462 e. The minimum absolute atomic E-state index is 0.0905. The SMILES string of the molecule is CCOC(=O)c1cccc(S(=O)(=O)c2nn(C(=O)N(CC)CC)cc2Cl)c1. The van der Waals surface area contributed by atoms with Crippen LogP contribution in [0.3, 0.4) is 0 Å². The quantitative estimate of drug-likeness (QED) is 0.675. The van der Waals surface area contributed by atoms with Gasteiger partial charge in [0.2, 0.25) is 14.9 Å². The van der Waals surface area contributed by atoms with E-state index in [1.165, 1.54) is 29.2 Å². The highest BCUT2D eigenvalue weighted by molar-refractivity contribution is 7.91. The molecule has 0 aliphatic heterocycles. The molecule has 0 bridgehead atoms. The van der Waals surface area contributed by atoms with Gasteiger partial charge in [0, 0.05) is 13.1 Å². The summed E-state index contributed by atoms with van der Waals surface area (Å²) in [6, 6.07) is 4.89. The van der Waals surface area contributed by atoms with Crippen LogP contribution in [0.5, 0.6) is 0 Å². The summed E-state index contributed by atoms with van der Waals surface area (Å²) in [7, 11) is -4.13. The molecule has 0 fully saturated rings. The number of ether oxygens (including phenoxy) is 1. The Balaban J connectivity index is 2.45. The molecule has 0 aliphatic carbocycles. The van der Waals surface area contributed by atoms with E-state index in [0.29, 0.717) is 13.1 Å². The number of aromatic nitrogens is 2. The lowest BCUT2D eigenvalue weighted by Crippen LogP contribution is -2.34. The maximum Gasteiger partial charge on any atom is 0.344 e. The summed E-state index contributed by atoms with van der Waals surface area (Å²) in [6.45, 7) is 6.29. The molecule has 146 valence electrons. The third kappa shape index (κ3) is 4.30. The highest BCUT2D eigenvalue weighted by atomic mass is 35.5. The van der Waals surface area contributed by atoms with Gasteiger partial charge in [0.15, 0.2) is 0 Å². The number of halogens is 1. The molecule has 27 heavy (non-hydrogen) atoms. The summed E-state index contributed by atoms with van der Waals surface area (Å²) < 4.78 is 31.6. The zero-order valence-corrected chi connectivity index (χ0v) is 16.7. The molecular weight excluding hydrogens is 394 g/mol. The van der Waals surface area contributed by atoms with Gasteiger partial charge in [-0.2, -0.15) is 9.78 Å². The molecule has 0 saturated heterocycles. The highest BCUT2D eigenvalue weighted by Gasteiger charge is 2.28. The summed E-state index contributed by atoms with van der Waals surface area (Å²) >= 11 is 6.04. The van der Waals surface area contributed by atoms with Crippen molar-refractivity contribution in [3.05, 3.63) is 41.0 Å². The summed E-state index contributed by atoms with van der Waals surface area (Å²) in [5, 5.41) is 3.24. The topological polar surface area (TPSA) is 98.6 Å². The molecule has 0 radical (unpaired) electrons. The van der Waals surface area contributed by atoms with E-state index >= 15 is 0 Å². The molecular formula is C17H20ClN3O5S. The first-order chi connectivity index (χ1) is 12.8. The molecule has 1 aromatic carbocycles. The van der Waals surface area contributed by atoms with Gasteiger partial charge in [0.25, 0.3) is 0 Å². The maximum absolute atomic E-state index is 12.9. The number of nitrogens with zero attached hydrogens (tertiary/aromatic N) is 3. The number of esters is 1. The van der Waals surface area contributed by atoms with Crippen LogP contribution in [0, 0.1) is 0 Å². The Hall–Kier alpha value is -2.39. The molecule has 2 rings (SSSR count). The fourth-order valence-electron chi connectivity index (χ4n) is 2.37. The first-order valence-electron chi connectivity index (χ1n) is 8.32. The molecule has 0 aliphatic rings. The number of rotatable bonds is 6. The van der Waals surface area contributed by atoms with E-state index < -0.39 is 26.9 Å². The fraction of sp³-hybridized carbons (Fsp3) is 0.353. The summed E-state index contributed by atoms with van der Waals surface area (Å²) in [5.74, 6) is -0.636. The number of hydrogen-bond donors (Lipinski definition) is 0. The van der Waals surface area contributed by atoms with E-state index in [9.17, 15) is 18.0 Å². The van der Waals surface area contributed by atoms with E-state index in [2.05, 4.69) is 5.10 Å². The van der Waals surface area contributed by atoms with Crippen molar-refractivity contribution in [2.75, 3.05) is 19.7 Å². The van der Waals surface area contributed by atoms with Crippen LogP contribution in [0.15, 0.2) is 40.4 Å². The Morgan fingerprint density at radius 3 is 2.48 bits per heavy atom. The van der Waals surface area contributed by atoms with Crippen LogP contribution < -0.4 is 0 Å². The second-order valence-electron chi connectivity index (χ2n) is 5.43. The third-order valence-electron chi connectivity index (χ3n) is 3.78. The van der Waals surface area contributed by atoms with Crippen LogP contribution in [-0.4, -0.2) is 54.8 Å². The van der Waals surface area contributed by atoms with Crippen LogP contribution in [0.1, 0.15) is 31.1 Å². The molecule has 1 heterocycles. The molecule has 0 unspecified atom stereocenters. The standard InChI is InChI=1S/C17H20ClN3O5S/c1-4-20(5-2)17(23)21-11-14(18)15(19-21)27(24,25)13-9-7-8-12(10-13)16(22)26-6-3/h7-11H,4-6H2,1-3H3. The first-order valence-corrected chi connectivity index (χ1v) is 10.2. The van der Waals surface area contributed by atoms with Crippen LogP contribution in [0.4, 0.5) is 4.79 Å². The predicted octanol–water partition coefficient (Wildman–Crippen LogP) is 2.86. The average molecular weight is 414 g/mol. The smallest absolute Gasteiger partial charge is 0.344 e. The number of hydrogen-bond acceptors (Lipinski definition) is 6. The highest BCUT2D eigenvalue weighted by Crippen LogP contribution is 2.27. The van der Waals surface area contributed by atoms with Crippen molar-refractivity contribution in [2.45, 2.75) is 30.7 Å². The van der Waals surface area contributed by atoms with Crippen molar-refractivity contribution in [1.82, 2.24) is 14.7 Å². The Morgan fingerprint density at radius 2 is 1.89 bits per heavy atom. The van der Waals surface area contributed by atoms with Crippen LogP contribution in [0.2, 0.25) is 5.02 Å². The van der Waals surface area contributed by atoms with Gasteiger partial charge in [0.05, 0.1) is 28.3 Å². The molecule has 1 amide bonds. The number of carbonyl (C=O) groups excluding carboxylic acids is 2. The molecule has 0 atom stereocenters. The van der Waals surface area contributed by atoms with Gasteiger partial charge in [-0.15, -0.1) is 0 Å². The fourth-order valence-corrected chi connectivity index (χ4v) is 4.08. The van der Waals surface area contributed by atoms with Gasteiger partial charge in [0.1, 0.15) is 0 Å². The van der Waals surface area contributed by atoms with Gasteiger partial charge < -0.3 is 9.64 Å². The van der Waals surface area contributed by atoms with Crippen molar-refractivity contribution in [2.24, 2.45) is 0 Å². The van der Waals surface area contributed by atoms with E-state index in [1.54, 1.807) is 20.8 Å². The number of carbonyl (C=O) groups is 2. The van der Waals surface area contributed by atoms with Gasteiger partial charge in [-0.25, -0.2) is 18.0 Å². The molecule has 2 aromatic rings. The lowest BCUT2D eigenvalue weighted by atomic mass is 10.2. The molecule has 0 N–H and O–H groups in total. The lowest BCUT2D eigenvalue weighted by Gasteiger charge is -2.17. The van der Waals surface area contributed by atoms with E-state index in [1.807, 2.05) is 0 Å². The number of sulfone groups is 1. The molecule has 0 saturated carbocycles. The zero-order valence-electron chi connectivity index (χ0n) is 15.2. The molecule has 0 spiro atoms. The first kappa shape index (κ1) is 20.9. The normalized spacial score (nSPS) is 11.3. The van der Waals surface area contributed by atoms with Gasteiger partial charge in [-0.05, 0) is 39.0 Å². The minimum Gasteiger partial charge on any atom is -0.462 e. The van der Waals surface area contributed by atoms with Crippen molar-refractivity contribution >= 4 is 33.4 Å². The van der Waals surface area contributed by atoms with Crippen molar-refractivity contribution in [3.8, 4) is 0 Å². The summed E-state index contributed by atoms with van der Waals surface area (Å²) in [5.41, 5.74) is 0.0905. The monoisotopic (exact) mass is 413 g/mol. The number of amides is 1. The van der Waals surface area contributed by atoms with Crippen LogP contribution in [-0.2, 0) is 14.6 Å². The van der Waals surface area contributed by atoms with Crippen LogP contribution in [0.25, 0.3) is 0 Å². The van der Waals surface area contributed by atoms with E-state index in [4.69, 9.17) is 16.3 Å². The second kappa shape index (κ2) is 8.53. The Labute approximate surface area is 162 Å². The predicted molar refractivity (Wildman–Crippen MR) is 98.8 cm³/mol. The van der Waals surface area contributed by atoms with E-state index in [0.717, 1.165) is 10.9 Å². The molecule has 8 nitrogen and oxygen atoms in total. The van der Waals surface area contributed by atoms with Crippen LogP contribution >= 0.6 is 11.6 Å². The maximum atomic E-state index is 12.9. The lowest BCUT2D eigenvalue weighted by molar-refractivity contribution is 0.0526. The molecule has 1 aromatic heterocycles. The van der Waals surface area contributed by atoms with Crippen molar-refractivity contribution < 1.29 is 22.7 Å².